The van der Waals surface area contributed by atoms with Gasteiger partial charge in [-0.2, -0.15) is 0 Å². The third-order valence-corrected chi connectivity index (χ3v) is 12.9. The first kappa shape index (κ1) is 46.5. The van der Waals surface area contributed by atoms with Gasteiger partial charge in [0.05, 0.1) is 61.9 Å². The van der Waals surface area contributed by atoms with Gasteiger partial charge in [0, 0.05) is 48.4 Å². The summed E-state index contributed by atoms with van der Waals surface area (Å²) < 4.78 is 24.3. The summed E-state index contributed by atoms with van der Waals surface area (Å²) in [4.78, 5) is 74.7. The summed E-state index contributed by atoms with van der Waals surface area (Å²) in [6, 6.07) is 19.9. The normalized spacial score (nSPS) is 17.5. The summed E-state index contributed by atoms with van der Waals surface area (Å²) in [5, 5.41) is 11.5. The number of carbonyl (C=O) groups excluding carboxylic acids is 5. The van der Waals surface area contributed by atoms with Crippen molar-refractivity contribution in [3.8, 4) is 23.0 Å². The van der Waals surface area contributed by atoms with E-state index >= 15 is 0 Å². The zero-order valence-electron chi connectivity index (χ0n) is 39.5. The zero-order valence-corrected chi connectivity index (χ0v) is 39.5. The second-order valence-electron chi connectivity index (χ2n) is 19.0. The van der Waals surface area contributed by atoms with Gasteiger partial charge in [-0.15, -0.1) is 0 Å². The highest BCUT2D eigenvalue weighted by atomic mass is 16.5. The molecule has 0 saturated carbocycles. The number of rotatable bonds is 15. The number of nitrogens with zero attached hydrogens (tertiary/aromatic N) is 3. The summed E-state index contributed by atoms with van der Waals surface area (Å²) in [6.07, 6.45) is 10.3. The lowest BCUT2D eigenvalue weighted by Crippen LogP contribution is -2.40. The Hall–Kier alpha value is -7.62. The molecule has 0 spiro atoms. The van der Waals surface area contributed by atoms with E-state index in [0.717, 1.165) is 42.6 Å². The molecule has 16 nitrogen and oxygen atoms in total. The molecule has 16 heteroatoms. The molecule has 2 atom stereocenters. The maximum atomic E-state index is 14.1. The molecule has 4 aliphatic heterocycles. The summed E-state index contributed by atoms with van der Waals surface area (Å²) >= 11 is 0. The molecule has 4 aromatic rings. The van der Waals surface area contributed by atoms with Crippen LogP contribution >= 0.6 is 0 Å². The Morgan fingerprint density at radius 3 is 2.20 bits per heavy atom. The van der Waals surface area contributed by atoms with E-state index in [1.165, 1.54) is 19.8 Å². The Bertz CT molecular complexity index is 2830. The van der Waals surface area contributed by atoms with Gasteiger partial charge in [-0.05, 0) is 102 Å². The number of amides is 5. The molecular formula is C53H57N7O9. The Morgan fingerprint density at radius 2 is 1.46 bits per heavy atom. The summed E-state index contributed by atoms with van der Waals surface area (Å²) in [5.74, 6) is -0.0413. The highest BCUT2D eigenvalue weighted by molar-refractivity contribution is 6.12. The predicted octanol–water partition coefficient (Wildman–Crippen LogP) is 7.39. The van der Waals surface area contributed by atoms with E-state index in [4.69, 9.17) is 23.9 Å². The Kier molecular flexibility index (Phi) is 13.2. The Morgan fingerprint density at radius 1 is 0.783 bits per heavy atom. The number of nitrogens with one attached hydrogen (secondary N) is 4. The lowest BCUT2D eigenvalue weighted by Gasteiger charge is -2.24. The van der Waals surface area contributed by atoms with Crippen molar-refractivity contribution in [3.63, 3.8) is 0 Å². The van der Waals surface area contributed by atoms with Crippen LogP contribution in [0.15, 0.2) is 95.1 Å². The SMILES string of the molecule is COc1cc2c(cc1OCc1cc(COc3cc4c(cc3OC)C(=O)N3c5ccccc5CC3CN4)cc(NC(=O)CNC(=O)CNC(=O)CCC(C)(C)C)c1)N=C[C@@H]1CC3=C(C=CCC3)N1C2=O. The number of aliphatic imine (C=N–C) groups is 1. The number of anilines is 3. The van der Waals surface area contributed by atoms with Crippen molar-refractivity contribution in [1.82, 2.24) is 15.5 Å². The number of para-hydroxylation sites is 1. The molecular weight excluding hydrogens is 879 g/mol. The van der Waals surface area contributed by atoms with Gasteiger partial charge in [0.25, 0.3) is 11.8 Å². The van der Waals surface area contributed by atoms with Gasteiger partial charge < -0.3 is 45.1 Å². The molecule has 5 amide bonds. The van der Waals surface area contributed by atoms with Gasteiger partial charge in [0.15, 0.2) is 23.0 Å². The number of methoxy groups -OCH3 is 2. The summed E-state index contributed by atoms with van der Waals surface area (Å²) in [7, 11) is 3.03. The van der Waals surface area contributed by atoms with Crippen LogP contribution in [0.3, 0.4) is 0 Å². The van der Waals surface area contributed by atoms with Crippen molar-refractivity contribution >= 4 is 58.5 Å². The first-order valence-electron chi connectivity index (χ1n) is 23.3. The van der Waals surface area contributed by atoms with E-state index in [1.807, 2.05) is 67.1 Å². The molecule has 0 aromatic heterocycles. The smallest absolute Gasteiger partial charge is 0.261 e. The van der Waals surface area contributed by atoms with Crippen molar-refractivity contribution in [1.29, 1.82) is 0 Å². The minimum atomic E-state index is -0.504. The van der Waals surface area contributed by atoms with E-state index in [2.05, 4.69) is 33.4 Å². The van der Waals surface area contributed by atoms with E-state index < -0.39 is 11.8 Å². The zero-order chi connectivity index (χ0) is 48.4. The number of fused-ring (bicyclic) bond motifs is 7. The highest BCUT2D eigenvalue weighted by Gasteiger charge is 2.39. The van der Waals surface area contributed by atoms with E-state index in [1.54, 1.807) is 36.4 Å². The van der Waals surface area contributed by atoms with Gasteiger partial charge in [-0.25, -0.2) is 0 Å². The van der Waals surface area contributed by atoms with Gasteiger partial charge in [-0.3, -0.25) is 33.9 Å². The molecule has 4 heterocycles. The number of hydrogen-bond acceptors (Lipinski definition) is 11. The van der Waals surface area contributed by atoms with Crippen LogP contribution < -0.4 is 45.1 Å². The van der Waals surface area contributed by atoms with Crippen LogP contribution in [0, 0.1) is 5.41 Å². The molecule has 4 N–H and O–H groups in total. The Labute approximate surface area is 401 Å². The van der Waals surface area contributed by atoms with Crippen molar-refractivity contribution < 1.29 is 42.9 Å². The fraction of sp³-hybridized carbons (Fsp3) is 0.358. The third-order valence-electron chi connectivity index (χ3n) is 12.9. The lowest BCUT2D eigenvalue weighted by atomic mass is 9.90. The van der Waals surface area contributed by atoms with E-state index in [0.29, 0.717) is 75.3 Å². The molecule has 4 aromatic carbocycles. The molecule has 0 bridgehead atoms. The van der Waals surface area contributed by atoms with Crippen molar-refractivity contribution in [3.05, 3.63) is 118 Å². The molecule has 358 valence electrons. The number of benzene rings is 4. The monoisotopic (exact) mass is 935 g/mol. The lowest BCUT2D eigenvalue weighted by molar-refractivity contribution is -0.127. The van der Waals surface area contributed by atoms with Gasteiger partial charge in [0.2, 0.25) is 17.7 Å². The fourth-order valence-corrected chi connectivity index (χ4v) is 9.39. The second kappa shape index (κ2) is 19.5. The van der Waals surface area contributed by atoms with Crippen molar-refractivity contribution in [2.75, 3.05) is 49.4 Å². The average molecular weight is 936 g/mol. The van der Waals surface area contributed by atoms with Crippen molar-refractivity contribution in [2.45, 2.75) is 84.6 Å². The number of allylic oxidation sites excluding steroid dienone is 2. The molecule has 0 saturated heterocycles. The number of ether oxygens (including phenoxy) is 4. The minimum absolute atomic E-state index is 0.0138. The first-order chi connectivity index (χ1) is 33.2. The van der Waals surface area contributed by atoms with E-state index in [9.17, 15) is 24.0 Å². The largest absolute Gasteiger partial charge is 0.493 e. The topological polar surface area (TPSA) is 189 Å². The highest BCUT2D eigenvalue weighted by Crippen LogP contribution is 2.43. The second-order valence-corrected chi connectivity index (χ2v) is 19.0. The molecule has 5 aliphatic rings. The number of hydrogen-bond donors (Lipinski definition) is 4. The van der Waals surface area contributed by atoms with Crippen LogP contribution in [0.4, 0.5) is 22.7 Å². The molecule has 1 aliphatic carbocycles. The van der Waals surface area contributed by atoms with E-state index in [-0.39, 0.29) is 67.9 Å². The Balaban J connectivity index is 0.930. The summed E-state index contributed by atoms with van der Waals surface area (Å²) in [5.41, 5.74) is 7.88. The molecule has 69 heavy (non-hydrogen) atoms. The van der Waals surface area contributed by atoms with Gasteiger partial charge in [0.1, 0.15) is 13.2 Å². The number of carbonyl (C=O) groups is 5. The molecule has 9 rings (SSSR count). The average Bonchev–Trinajstić information content (AvgIpc) is 3.83. The summed E-state index contributed by atoms with van der Waals surface area (Å²) in [6.45, 7) is 6.10. The molecule has 0 fully saturated rings. The fourth-order valence-electron chi connectivity index (χ4n) is 9.39. The van der Waals surface area contributed by atoms with Crippen molar-refractivity contribution in [2.24, 2.45) is 10.4 Å². The third kappa shape index (κ3) is 10.2. The maximum Gasteiger partial charge on any atom is 0.261 e. The van der Waals surface area contributed by atoms with Crippen LogP contribution in [0.2, 0.25) is 0 Å². The van der Waals surface area contributed by atoms with Gasteiger partial charge in [-0.1, -0.05) is 45.0 Å². The van der Waals surface area contributed by atoms with Crippen LogP contribution in [0.5, 0.6) is 23.0 Å². The predicted molar refractivity (Wildman–Crippen MR) is 262 cm³/mol. The maximum absolute atomic E-state index is 14.1. The quantitative estimate of drug-likeness (QED) is 0.0936. The van der Waals surface area contributed by atoms with Crippen LogP contribution in [-0.2, 0) is 34.0 Å². The van der Waals surface area contributed by atoms with Gasteiger partial charge >= 0.3 is 0 Å². The standard InChI is InChI=1S/C53H57N7O9/c1-53(2,3)15-14-48(61)56-27-49(62)57-28-50(63)58-35-17-31(29-68-46-23-40-38(21-44(46)66-4)51(64)59-36(25-54-40)19-33-10-6-8-12-42(33)59)16-32(18-35)30-69-47-24-41-39(22-45(47)67-5)52(65)60-37(26-55-41)20-34-11-7-9-13-43(34)60/h6,8-10,12-13,16-18,21-24,26,36-37,54H,7,11,14-15,19-20,25,27-30H2,1-5H3,(H,56,61)(H,57,62)(H,58,63)/t36?,37-/m0/s1. The molecule has 0 radical (unpaired) electrons. The van der Waals surface area contributed by atoms with Crippen LogP contribution in [0.25, 0.3) is 0 Å². The van der Waals surface area contributed by atoms with Crippen LogP contribution in [-0.4, -0.2) is 86.6 Å². The minimum Gasteiger partial charge on any atom is -0.493 e. The molecule has 1 unspecified atom stereocenters. The van der Waals surface area contributed by atoms with Crippen LogP contribution in [0.1, 0.15) is 90.3 Å². The first-order valence-corrected chi connectivity index (χ1v) is 23.3.